The summed E-state index contributed by atoms with van der Waals surface area (Å²) in [6, 6.07) is 4.37. The van der Waals surface area contributed by atoms with Gasteiger partial charge in [0.15, 0.2) is 6.33 Å². The molecule has 0 radical (unpaired) electrons. The summed E-state index contributed by atoms with van der Waals surface area (Å²) < 4.78 is 30.3. The van der Waals surface area contributed by atoms with Crippen LogP contribution < -0.4 is 11.1 Å². The number of benzene rings is 1. The van der Waals surface area contributed by atoms with E-state index in [-0.39, 0.29) is 5.56 Å². The fourth-order valence-electron chi connectivity index (χ4n) is 1.53. The lowest BCUT2D eigenvalue weighted by atomic mass is 10.1. The van der Waals surface area contributed by atoms with E-state index < -0.39 is 6.43 Å². The molecule has 18 heavy (non-hydrogen) atoms. The third kappa shape index (κ3) is 2.93. The van der Waals surface area contributed by atoms with Crippen LogP contribution in [0.2, 0.25) is 0 Å². The van der Waals surface area contributed by atoms with E-state index in [0.29, 0.717) is 30.2 Å². The highest BCUT2D eigenvalue weighted by molar-refractivity contribution is 5.58. The monoisotopic (exact) mass is 254 g/mol. The van der Waals surface area contributed by atoms with Crippen LogP contribution in [-0.2, 0) is 6.42 Å². The van der Waals surface area contributed by atoms with E-state index in [1.54, 1.807) is 6.07 Å². The average Bonchev–Trinajstić information content (AvgIpc) is 2.84. The Kier molecular flexibility index (Phi) is 3.71. The summed E-state index contributed by atoms with van der Waals surface area (Å²) >= 11 is 0. The van der Waals surface area contributed by atoms with Gasteiger partial charge >= 0.3 is 0 Å². The Morgan fingerprint density at radius 1 is 1.39 bits per heavy atom. The molecule has 1 aromatic carbocycles. The van der Waals surface area contributed by atoms with Gasteiger partial charge in [0.1, 0.15) is 0 Å². The largest absolute Gasteiger partial charge is 0.399 e. The molecule has 0 atom stereocenters. The van der Waals surface area contributed by atoms with Crippen molar-refractivity contribution in [3.8, 4) is 0 Å². The first-order valence-electron chi connectivity index (χ1n) is 5.34. The summed E-state index contributed by atoms with van der Waals surface area (Å²) in [6.45, 7) is 0.422. The Morgan fingerprint density at radius 2 is 2.22 bits per heavy atom. The van der Waals surface area contributed by atoms with Gasteiger partial charge in [-0.25, -0.2) is 8.78 Å². The van der Waals surface area contributed by atoms with Crippen molar-refractivity contribution in [3.63, 3.8) is 0 Å². The second-order valence-corrected chi connectivity index (χ2v) is 3.66. The maximum Gasteiger partial charge on any atom is 0.265 e. The SMILES string of the molecule is Nc1ccc(NCCc2ncno2)c(C(F)F)c1. The van der Waals surface area contributed by atoms with E-state index in [2.05, 4.69) is 15.5 Å². The van der Waals surface area contributed by atoms with E-state index in [4.69, 9.17) is 10.3 Å². The molecular formula is C11H12F2N4O. The summed E-state index contributed by atoms with van der Waals surface area (Å²) in [6.07, 6.45) is -0.810. The Hall–Kier alpha value is -2.18. The summed E-state index contributed by atoms with van der Waals surface area (Å²) in [5.74, 6) is 0.455. The van der Waals surface area contributed by atoms with Gasteiger partial charge in [-0.15, -0.1) is 0 Å². The Morgan fingerprint density at radius 3 is 2.89 bits per heavy atom. The molecule has 0 amide bonds. The van der Waals surface area contributed by atoms with Crippen LogP contribution in [0.15, 0.2) is 29.0 Å². The highest BCUT2D eigenvalue weighted by atomic mass is 19.3. The standard InChI is InChI=1S/C11H12F2N4O/c12-11(13)8-5-7(14)1-2-9(8)15-4-3-10-16-6-17-18-10/h1-2,5-6,11,15H,3-4,14H2. The number of nitrogens with zero attached hydrogens (tertiary/aromatic N) is 2. The van der Waals surface area contributed by atoms with Gasteiger partial charge in [0.05, 0.1) is 0 Å². The normalized spacial score (nSPS) is 10.8. The molecule has 2 rings (SSSR count). The van der Waals surface area contributed by atoms with Crippen molar-refractivity contribution < 1.29 is 13.3 Å². The van der Waals surface area contributed by atoms with Crippen molar-refractivity contribution in [3.05, 3.63) is 36.0 Å². The van der Waals surface area contributed by atoms with Crippen LogP contribution in [0.25, 0.3) is 0 Å². The fourth-order valence-corrected chi connectivity index (χ4v) is 1.53. The van der Waals surface area contributed by atoms with Gasteiger partial charge in [-0.05, 0) is 18.2 Å². The predicted octanol–water partition coefficient (Wildman–Crippen LogP) is 2.24. The number of nitrogens with two attached hydrogens (primary N) is 1. The third-order valence-electron chi connectivity index (χ3n) is 2.37. The number of aromatic nitrogens is 2. The van der Waals surface area contributed by atoms with Crippen molar-refractivity contribution in [2.75, 3.05) is 17.6 Å². The van der Waals surface area contributed by atoms with Gasteiger partial charge in [-0.3, -0.25) is 0 Å². The van der Waals surface area contributed by atoms with Gasteiger partial charge in [0.2, 0.25) is 5.89 Å². The second-order valence-electron chi connectivity index (χ2n) is 3.66. The van der Waals surface area contributed by atoms with Gasteiger partial charge in [-0.1, -0.05) is 5.16 Å². The number of rotatable bonds is 5. The number of hydrogen-bond donors (Lipinski definition) is 2. The summed E-state index contributed by atoms with van der Waals surface area (Å²) in [4.78, 5) is 3.83. The van der Waals surface area contributed by atoms with E-state index in [9.17, 15) is 8.78 Å². The first-order chi connectivity index (χ1) is 8.66. The van der Waals surface area contributed by atoms with Crippen molar-refractivity contribution in [2.45, 2.75) is 12.8 Å². The molecule has 2 aromatic rings. The molecule has 0 aliphatic rings. The highest BCUT2D eigenvalue weighted by Crippen LogP contribution is 2.28. The van der Waals surface area contributed by atoms with Crippen LogP contribution >= 0.6 is 0 Å². The third-order valence-corrected chi connectivity index (χ3v) is 2.37. The van der Waals surface area contributed by atoms with Crippen molar-refractivity contribution in [2.24, 2.45) is 0 Å². The molecule has 0 spiro atoms. The van der Waals surface area contributed by atoms with E-state index in [1.165, 1.54) is 18.5 Å². The molecule has 3 N–H and O–H groups in total. The average molecular weight is 254 g/mol. The lowest BCUT2D eigenvalue weighted by Crippen LogP contribution is -2.07. The fraction of sp³-hybridized carbons (Fsp3) is 0.273. The van der Waals surface area contributed by atoms with Crippen molar-refractivity contribution >= 4 is 11.4 Å². The number of halogens is 2. The Labute approximate surface area is 102 Å². The molecular weight excluding hydrogens is 242 g/mol. The molecule has 7 heteroatoms. The summed E-state index contributed by atoms with van der Waals surface area (Å²) in [5.41, 5.74) is 6.04. The summed E-state index contributed by atoms with van der Waals surface area (Å²) in [7, 11) is 0. The predicted molar refractivity (Wildman–Crippen MR) is 62.3 cm³/mol. The minimum atomic E-state index is -2.57. The molecule has 0 unspecified atom stereocenters. The maximum atomic E-state index is 12.8. The van der Waals surface area contributed by atoms with Crippen molar-refractivity contribution in [1.82, 2.24) is 10.1 Å². The highest BCUT2D eigenvalue weighted by Gasteiger charge is 2.13. The lowest BCUT2D eigenvalue weighted by Gasteiger charge is -2.11. The molecule has 1 aromatic heterocycles. The van der Waals surface area contributed by atoms with Crippen LogP contribution in [0.1, 0.15) is 17.9 Å². The number of nitrogens with one attached hydrogen (secondary N) is 1. The molecule has 0 saturated heterocycles. The topological polar surface area (TPSA) is 77.0 Å². The van der Waals surface area contributed by atoms with Gasteiger partial charge in [-0.2, -0.15) is 4.98 Å². The number of nitrogen functional groups attached to an aromatic ring is 1. The maximum absolute atomic E-state index is 12.8. The molecule has 0 aliphatic carbocycles. The molecule has 1 heterocycles. The minimum Gasteiger partial charge on any atom is -0.399 e. The van der Waals surface area contributed by atoms with Crippen LogP contribution in [-0.4, -0.2) is 16.7 Å². The zero-order chi connectivity index (χ0) is 13.0. The van der Waals surface area contributed by atoms with E-state index in [0.717, 1.165) is 0 Å². The number of hydrogen-bond acceptors (Lipinski definition) is 5. The molecule has 5 nitrogen and oxygen atoms in total. The quantitative estimate of drug-likeness (QED) is 0.800. The number of anilines is 2. The first-order valence-corrected chi connectivity index (χ1v) is 5.34. The second kappa shape index (κ2) is 5.44. The van der Waals surface area contributed by atoms with E-state index >= 15 is 0 Å². The molecule has 96 valence electrons. The minimum absolute atomic E-state index is 0.111. The van der Waals surface area contributed by atoms with Gasteiger partial charge in [0.25, 0.3) is 6.43 Å². The molecule has 0 aliphatic heterocycles. The number of alkyl halides is 2. The smallest absolute Gasteiger partial charge is 0.265 e. The lowest BCUT2D eigenvalue weighted by molar-refractivity contribution is 0.152. The Bertz CT molecular complexity index is 502. The summed E-state index contributed by atoms with van der Waals surface area (Å²) in [5, 5.41) is 6.35. The van der Waals surface area contributed by atoms with Crippen molar-refractivity contribution in [1.29, 1.82) is 0 Å². The zero-order valence-electron chi connectivity index (χ0n) is 9.44. The van der Waals surface area contributed by atoms with E-state index in [1.807, 2.05) is 0 Å². The van der Waals surface area contributed by atoms with Gasteiger partial charge < -0.3 is 15.6 Å². The van der Waals surface area contributed by atoms with Crippen LogP contribution in [0.3, 0.4) is 0 Å². The van der Waals surface area contributed by atoms with Crippen LogP contribution in [0, 0.1) is 0 Å². The molecule has 0 saturated carbocycles. The molecule has 0 bridgehead atoms. The zero-order valence-corrected chi connectivity index (χ0v) is 9.44. The first kappa shape index (κ1) is 12.3. The van der Waals surface area contributed by atoms with Crippen LogP contribution in [0.5, 0.6) is 0 Å². The van der Waals surface area contributed by atoms with Crippen LogP contribution in [0.4, 0.5) is 20.2 Å². The molecule has 0 fully saturated rings. The van der Waals surface area contributed by atoms with Gasteiger partial charge in [0, 0.05) is 29.9 Å². The Balaban J connectivity index is 2.00.